The average molecular weight is 339 g/mol. The molecule has 0 aromatic carbocycles. The molecule has 1 aliphatic heterocycles. The Balaban J connectivity index is 1.50. The summed E-state index contributed by atoms with van der Waals surface area (Å²) < 4.78 is 1.94. The molecule has 4 rings (SSSR count). The lowest BCUT2D eigenvalue weighted by molar-refractivity contribution is 0.0668. The van der Waals surface area contributed by atoms with Gasteiger partial charge in [-0.3, -0.25) is 14.5 Å². The van der Waals surface area contributed by atoms with Crippen molar-refractivity contribution in [2.75, 3.05) is 13.1 Å². The van der Waals surface area contributed by atoms with Crippen molar-refractivity contribution in [1.82, 2.24) is 24.6 Å². The van der Waals surface area contributed by atoms with Gasteiger partial charge in [-0.25, -0.2) is 4.98 Å². The van der Waals surface area contributed by atoms with Crippen molar-refractivity contribution in [3.8, 4) is 10.7 Å². The van der Waals surface area contributed by atoms with Crippen molar-refractivity contribution in [3.63, 3.8) is 0 Å². The highest BCUT2D eigenvalue weighted by Crippen LogP contribution is 2.25. The summed E-state index contributed by atoms with van der Waals surface area (Å²) in [5.41, 5.74) is 1.30. The van der Waals surface area contributed by atoms with Crippen molar-refractivity contribution in [2.45, 2.75) is 18.9 Å². The summed E-state index contributed by atoms with van der Waals surface area (Å²) >= 11 is 1.45. The minimum atomic E-state index is -0.00899. The van der Waals surface area contributed by atoms with Gasteiger partial charge in [-0.05, 0) is 31.0 Å². The minimum Gasteiger partial charge on any atom is -0.335 e. The zero-order valence-corrected chi connectivity index (χ0v) is 13.9. The van der Waals surface area contributed by atoms with Gasteiger partial charge >= 0.3 is 0 Å². The fraction of sp³-hybridized carbons (Fsp3) is 0.294. The number of hydrogen-bond acceptors (Lipinski definition) is 5. The van der Waals surface area contributed by atoms with Crippen LogP contribution in [0.5, 0.6) is 0 Å². The van der Waals surface area contributed by atoms with E-state index in [2.05, 4.69) is 15.1 Å². The first-order chi connectivity index (χ1) is 11.8. The third-order valence-corrected chi connectivity index (χ3v) is 5.05. The van der Waals surface area contributed by atoms with Crippen molar-refractivity contribution < 1.29 is 4.79 Å². The van der Waals surface area contributed by atoms with Gasteiger partial charge < -0.3 is 4.90 Å². The van der Waals surface area contributed by atoms with Crippen LogP contribution in [0.1, 0.15) is 29.4 Å². The van der Waals surface area contributed by atoms with E-state index in [-0.39, 0.29) is 11.9 Å². The second-order valence-corrected chi connectivity index (χ2v) is 6.64. The first kappa shape index (κ1) is 15.0. The van der Waals surface area contributed by atoms with E-state index in [0.29, 0.717) is 12.2 Å². The van der Waals surface area contributed by atoms with Crippen LogP contribution in [-0.2, 0) is 0 Å². The zero-order valence-electron chi connectivity index (χ0n) is 13.1. The van der Waals surface area contributed by atoms with Gasteiger partial charge in [0.05, 0.1) is 11.7 Å². The number of aromatic nitrogens is 4. The number of carbonyl (C=O) groups excluding carboxylic acids is 1. The predicted molar refractivity (Wildman–Crippen MR) is 91.7 cm³/mol. The molecule has 24 heavy (non-hydrogen) atoms. The molecule has 7 heteroatoms. The van der Waals surface area contributed by atoms with Gasteiger partial charge in [-0.1, -0.05) is 6.07 Å². The quantitative estimate of drug-likeness (QED) is 0.736. The fourth-order valence-electron chi connectivity index (χ4n) is 2.99. The fourth-order valence-corrected chi connectivity index (χ4v) is 3.76. The molecular formula is C17H17N5OS. The molecule has 0 aliphatic carbocycles. The molecule has 1 aliphatic rings. The summed E-state index contributed by atoms with van der Waals surface area (Å²) in [6.07, 6.45) is 7.49. The lowest BCUT2D eigenvalue weighted by Crippen LogP contribution is -2.41. The Kier molecular flexibility index (Phi) is 4.08. The summed E-state index contributed by atoms with van der Waals surface area (Å²) in [5, 5.41) is 6.91. The number of pyridine rings is 1. The molecule has 122 valence electrons. The molecule has 0 spiro atoms. The Bertz CT molecular complexity index is 815. The third kappa shape index (κ3) is 2.94. The number of rotatable bonds is 3. The molecule has 0 radical (unpaired) electrons. The van der Waals surface area contributed by atoms with E-state index in [0.717, 1.165) is 30.1 Å². The number of thiazole rings is 1. The maximum Gasteiger partial charge on any atom is 0.273 e. The highest BCUT2D eigenvalue weighted by Gasteiger charge is 2.27. The van der Waals surface area contributed by atoms with Crippen LogP contribution in [0.4, 0.5) is 0 Å². The van der Waals surface area contributed by atoms with E-state index in [1.54, 1.807) is 12.4 Å². The molecule has 0 bridgehead atoms. The van der Waals surface area contributed by atoms with E-state index >= 15 is 0 Å². The standard InChI is InChI=1S/C17H17N5OS/c23-17(15-12-24-16(20-15)14-6-1-2-7-18-14)21-9-3-5-13(11-21)22-10-4-8-19-22/h1-2,4,6-8,10,12-13H,3,5,9,11H2/t13-/m1/s1. The first-order valence-corrected chi connectivity index (χ1v) is 8.84. The van der Waals surface area contributed by atoms with Crippen LogP contribution >= 0.6 is 11.3 Å². The molecule has 1 atom stereocenters. The highest BCUT2D eigenvalue weighted by atomic mass is 32.1. The molecule has 0 N–H and O–H groups in total. The largest absolute Gasteiger partial charge is 0.335 e. The van der Waals surface area contributed by atoms with Crippen molar-refractivity contribution in [2.24, 2.45) is 0 Å². The van der Waals surface area contributed by atoms with Crippen LogP contribution in [0, 0.1) is 0 Å². The van der Waals surface area contributed by atoms with Crippen LogP contribution < -0.4 is 0 Å². The maximum absolute atomic E-state index is 12.8. The van der Waals surface area contributed by atoms with Gasteiger partial charge in [-0.2, -0.15) is 5.10 Å². The molecule has 4 heterocycles. The highest BCUT2D eigenvalue weighted by molar-refractivity contribution is 7.13. The van der Waals surface area contributed by atoms with Crippen LogP contribution in [0.3, 0.4) is 0 Å². The minimum absolute atomic E-state index is 0.00899. The molecule has 6 nitrogen and oxygen atoms in total. The number of amides is 1. The molecular weight excluding hydrogens is 322 g/mol. The van der Waals surface area contributed by atoms with Gasteiger partial charge in [0, 0.05) is 37.1 Å². The Morgan fingerprint density at radius 2 is 2.21 bits per heavy atom. The SMILES string of the molecule is O=C(c1csc(-c2ccccn2)n1)N1CCC[C@@H](n2cccn2)C1. The van der Waals surface area contributed by atoms with E-state index in [4.69, 9.17) is 0 Å². The lowest BCUT2D eigenvalue weighted by atomic mass is 10.1. The summed E-state index contributed by atoms with van der Waals surface area (Å²) in [7, 11) is 0. The number of nitrogens with zero attached hydrogens (tertiary/aromatic N) is 5. The number of carbonyl (C=O) groups is 1. The van der Waals surface area contributed by atoms with Crippen molar-refractivity contribution in [1.29, 1.82) is 0 Å². The zero-order chi connectivity index (χ0) is 16.4. The first-order valence-electron chi connectivity index (χ1n) is 7.96. The Labute approximate surface area is 143 Å². The molecule has 1 amide bonds. The lowest BCUT2D eigenvalue weighted by Gasteiger charge is -2.32. The number of hydrogen-bond donors (Lipinski definition) is 0. The third-order valence-electron chi connectivity index (χ3n) is 4.19. The van der Waals surface area contributed by atoms with E-state index in [1.165, 1.54) is 11.3 Å². The van der Waals surface area contributed by atoms with Crippen LogP contribution in [0.2, 0.25) is 0 Å². The molecule has 0 saturated carbocycles. The van der Waals surface area contributed by atoms with E-state index < -0.39 is 0 Å². The van der Waals surface area contributed by atoms with Gasteiger partial charge in [0.15, 0.2) is 0 Å². The van der Waals surface area contributed by atoms with Crippen LogP contribution in [-0.4, -0.2) is 43.6 Å². The van der Waals surface area contributed by atoms with E-state index in [9.17, 15) is 4.79 Å². The second-order valence-electron chi connectivity index (χ2n) is 5.79. The Morgan fingerprint density at radius 1 is 1.25 bits per heavy atom. The maximum atomic E-state index is 12.8. The van der Waals surface area contributed by atoms with Crippen molar-refractivity contribution >= 4 is 17.2 Å². The number of piperidine rings is 1. The second kappa shape index (κ2) is 6.52. The van der Waals surface area contributed by atoms with E-state index in [1.807, 2.05) is 45.4 Å². The average Bonchev–Trinajstić information content (AvgIpc) is 3.34. The van der Waals surface area contributed by atoms with Gasteiger partial charge in [0.25, 0.3) is 5.91 Å². The predicted octanol–water partition coefficient (Wildman–Crippen LogP) is 2.88. The smallest absolute Gasteiger partial charge is 0.273 e. The topological polar surface area (TPSA) is 63.9 Å². The Morgan fingerprint density at radius 3 is 3.00 bits per heavy atom. The van der Waals surface area contributed by atoms with Gasteiger partial charge in [0.1, 0.15) is 10.7 Å². The monoisotopic (exact) mass is 339 g/mol. The summed E-state index contributed by atoms with van der Waals surface area (Å²) in [6, 6.07) is 7.85. The molecule has 1 saturated heterocycles. The summed E-state index contributed by atoms with van der Waals surface area (Å²) in [5.74, 6) is -0.00899. The molecule has 3 aromatic heterocycles. The van der Waals surface area contributed by atoms with Crippen molar-refractivity contribution in [3.05, 3.63) is 53.9 Å². The van der Waals surface area contributed by atoms with Crippen LogP contribution in [0.15, 0.2) is 48.2 Å². The Hall–Kier alpha value is -2.54. The number of likely N-dealkylation sites (tertiary alicyclic amines) is 1. The summed E-state index contributed by atoms with van der Waals surface area (Å²) in [4.78, 5) is 23.4. The summed E-state index contributed by atoms with van der Waals surface area (Å²) in [6.45, 7) is 1.45. The molecule has 3 aromatic rings. The van der Waals surface area contributed by atoms with Crippen LogP contribution in [0.25, 0.3) is 10.7 Å². The van der Waals surface area contributed by atoms with Gasteiger partial charge in [0.2, 0.25) is 0 Å². The van der Waals surface area contributed by atoms with Gasteiger partial charge in [-0.15, -0.1) is 11.3 Å². The molecule has 0 unspecified atom stereocenters. The molecule has 1 fully saturated rings. The normalized spacial score (nSPS) is 17.8.